The van der Waals surface area contributed by atoms with E-state index < -0.39 is 0 Å². The minimum Gasteiger partial charge on any atom is -0.378 e. The summed E-state index contributed by atoms with van der Waals surface area (Å²) in [5, 5.41) is 6.50. The van der Waals surface area contributed by atoms with Crippen LogP contribution >= 0.6 is 0 Å². The SMILES string of the molecule is COCc1n[nH]c(C)cc1=O. The number of hydrogen-bond acceptors (Lipinski definition) is 3. The summed E-state index contributed by atoms with van der Waals surface area (Å²) in [5.74, 6) is 0. The fraction of sp³-hybridized carbons (Fsp3) is 0.429. The first-order chi connectivity index (χ1) is 5.24. The van der Waals surface area contributed by atoms with Gasteiger partial charge in [0.1, 0.15) is 5.69 Å². The number of rotatable bonds is 2. The third kappa shape index (κ3) is 1.88. The molecule has 0 aliphatic rings. The monoisotopic (exact) mass is 154 g/mol. The van der Waals surface area contributed by atoms with Gasteiger partial charge in [0.15, 0.2) is 0 Å². The van der Waals surface area contributed by atoms with Crippen LogP contribution in [0.4, 0.5) is 0 Å². The van der Waals surface area contributed by atoms with E-state index in [1.807, 2.05) is 0 Å². The van der Waals surface area contributed by atoms with Gasteiger partial charge in [0.25, 0.3) is 0 Å². The Hall–Kier alpha value is -1.16. The summed E-state index contributed by atoms with van der Waals surface area (Å²) in [4.78, 5) is 11.1. The van der Waals surface area contributed by atoms with E-state index in [0.29, 0.717) is 5.69 Å². The molecule has 0 aliphatic carbocycles. The Kier molecular flexibility index (Phi) is 2.38. The van der Waals surface area contributed by atoms with Crippen molar-refractivity contribution in [3.8, 4) is 0 Å². The number of aromatic nitrogens is 2. The highest BCUT2D eigenvalue weighted by Gasteiger charge is 1.98. The molecule has 0 saturated carbocycles. The molecule has 0 fully saturated rings. The maximum atomic E-state index is 11.1. The van der Waals surface area contributed by atoms with Crippen molar-refractivity contribution in [2.45, 2.75) is 13.5 Å². The van der Waals surface area contributed by atoms with Crippen molar-refractivity contribution < 1.29 is 4.74 Å². The van der Waals surface area contributed by atoms with Crippen molar-refractivity contribution in [3.63, 3.8) is 0 Å². The maximum absolute atomic E-state index is 11.1. The van der Waals surface area contributed by atoms with Crippen LogP contribution in [-0.4, -0.2) is 17.3 Å². The van der Waals surface area contributed by atoms with Crippen LogP contribution in [0.25, 0.3) is 0 Å². The molecule has 0 spiro atoms. The Balaban J connectivity index is 3.00. The molecule has 1 heterocycles. The van der Waals surface area contributed by atoms with Gasteiger partial charge in [-0.15, -0.1) is 0 Å². The van der Waals surface area contributed by atoms with E-state index >= 15 is 0 Å². The lowest BCUT2D eigenvalue weighted by atomic mass is 10.3. The average Bonchev–Trinajstić information content (AvgIpc) is 1.95. The van der Waals surface area contributed by atoms with Crippen LogP contribution in [0.2, 0.25) is 0 Å². The number of nitrogens with zero attached hydrogens (tertiary/aromatic N) is 1. The first kappa shape index (κ1) is 7.94. The molecule has 0 aromatic carbocycles. The fourth-order valence-corrected chi connectivity index (χ4v) is 0.763. The molecule has 0 saturated heterocycles. The standard InChI is InChI=1S/C7H10N2O2/c1-5-3-7(10)6(4-11-2)9-8-5/h3H,4H2,1-2H3,(H,8,10). The quantitative estimate of drug-likeness (QED) is 0.663. The van der Waals surface area contributed by atoms with E-state index in [4.69, 9.17) is 4.74 Å². The van der Waals surface area contributed by atoms with E-state index in [2.05, 4.69) is 10.2 Å². The summed E-state index contributed by atoms with van der Waals surface area (Å²) in [6, 6.07) is 1.50. The lowest BCUT2D eigenvalue weighted by Gasteiger charge is -1.96. The zero-order valence-electron chi connectivity index (χ0n) is 6.55. The predicted octanol–water partition coefficient (Wildman–Crippen LogP) is 0.225. The molecule has 60 valence electrons. The molecule has 0 unspecified atom stereocenters. The van der Waals surface area contributed by atoms with Crippen LogP contribution < -0.4 is 5.43 Å². The molecular formula is C7H10N2O2. The third-order valence-corrected chi connectivity index (χ3v) is 1.28. The van der Waals surface area contributed by atoms with Gasteiger partial charge in [-0.05, 0) is 6.92 Å². The molecule has 1 rings (SSSR count). The Morgan fingerprint density at radius 1 is 1.73 bits per heavy atom. The van der Waals surface area contributed by atoms with Gasteiger partial charge in [0, 0.05) is 18.9 Å². The number of ether oxygens (including phenoxy) is 1. The minimum atomic E-state index is -0.0805. The molecule has 0 aliphatic heterocycles. The zero-order valence-corrected chi connectivity index (χ0v) is 6.55. The Morgan fingerprint density at radius 2 is 2.45 bits per heavy atom. The normalized spacial score (nSPS) is 10.0. The summed E-state index contributed by atoms with van der Waals surface area (Å²) in [6.45, 7) is 2.04. The van der Waals surface area contributed by atoms with Crippen molar-refractivity contribution in [3.05, 3.63) is 27.7 Å². The highest BCUT2D eigenvalue weighted by molar-refractivity contribution is 5.04. The van der Waals surface area contributed by atoms with E-state index in [0.717, 1.165) is 5.69 Å². The Morgan fingerprint density at radius 3 is 3.00 bits per heavy atom. The second kappa shape index (κ2) is 3.30. The molecular weight excluding hydrogens is 144 g/mol. The number of hydrogen-bond donors (Lipinski definition) is 1. The van der Waals surface area contributed by atoms with Crippen LogP contribution in [0.3, 0.4) is 0 Å². The van der Waals surface area contributed by atoms with Crippen LogP contribution in [-0.2, 0) is 11.3 Å². The van der Waals surface area contributed by atoms with Gasteiger partial charge < -0.3 is 4.74 Å². The van der Waals surface area contributed by atoms with E-state index in [9.17, 15) is 4.79 Å². The molecule has 4 heteroatoms. The zero-order chi connectivity index (χ0) is 8.27. The fourth-order valence-electron chi connectivity index (χ4n) is 0.763. The molecule has 0 bridgehead atoms. The Labute approximate surface area is 64.2 Å². The van der Waals surface area contributed by atoms with E-state index in [-0.39, 0.29) is 12.0 Å². The van der Waals surface area contributed by atoms with Crippen molar-refractivity contribution in [1.29, 1.82) is 0 Å². The van der Waals surface area contributed by atoms with Gasteiger partial charge in [0.05, 0.1) is 6.61 Å². The number of methoxy groups -OCH3 is 1. The van der Waals surface area contributed by atoms with E-state index in [1.54, 1.807) is 6.92 Å². The Bertz CT molecular complexity index is 293. The smallest absolute Gasteiger partial charge is 0.206 e. The van der Waals surface area contributed by atoms with Crippen molar-refractivity contribution in [1.82, 2.24) is 10.2 Å². The lowest BCUT2D eigenvalue weighted by Crippen LogP contribution is -2.13. The molecule has 0 atom stereocenters. The molecule has 1 aromatic heterocycles. The van der Waals surface area contributed by atoms with E-state index in [1.165, 1.54) is 13.2 Å². The highest BCUT2D eigenvalue weighted by atomic mass is 16.5. The topological polar surface area (TPSA) is 55.0 Å². The highest BCUT2D eigenvalue weighted by Crippen LogP contribution is 1.88. The first-order valence-corrected chi connectivity index (χ1v) is 3.28. The average molecular weight is 154 g/mol. The van der Waals surface area contributed by atoms with Gasteiger partial charge >= 0.3 is 0 Å². The number of aromatic amines is 1. The largest absolute Gasteiger partial charge is 0.378 e. The van der Waals surface area contributed by atoms with Gasteiger partial charge in [-0.25, -0.2) is 0 Å². The predicted molar refractivity (Wildman–Crippen MR) is 40.3 cm³/mol. The van der Waals surface area contributed by atoms with Gasteiger partial charge in [-0.2, -0.15) is 5.10 Å². The van der Waals surface area contributed by atoms with Crippen molar-refractivity contribution in [2.24, 2.45) is 0 Å². The van der Waals surface area contributed by atoms with Crippen molar-refractivity contribution in [2.75, 3.05) is 7.11 Å². The molecule has 0 radical (unpaired) electrons. The molecule has 1 aromatic rings. The van der Waals surface area contributed by atoms with Gasteiger partial charge in [-0.1, -0.05) is 0 Å². The number of aryl methyl sites for hydroxylation is 1. The van der Waals surface area contributed by atoms with Crippen molar-refractivity contribution >= 4 is 0 Å². The second-order valence-corrected chi connectivity index (χ2v) is 2.29. The van der Waals surface area contributed by atoms with Crippen LogP contribution in [0.1, 0.15) is 11.4 Å². The second-order valence-electron chi connectivity index (χ2n) is 2.29. The maximum Gasteiger partial charge on any atom is 0.206 e. The summed E-state index contributed by atoms with van der Waals surface area (Å²) in [5.41, 5.74) is 1.09. The van der Waals surface area contributed by atoms with Crippen LogP contribution in [0, 0.1) is 6.92 Å². The summed E-state index contributed by atoms with van der Waals surface area (Å²) in [7, 11) is 1.53. The summed E-state index contributed by atoms with van der Waals surface area (Å²) >= 11 is 0. The molecule has 0 amide bonds. The molecule has 4 nitrogen and oxygen atoms in total. The van der Waals surface area contributed by atoms with Crippen LogP contribution in [0.15, 0.2) is 10.9 Å². The number of H-pyrrole nitrogens is 1. The summed E-state index contributed by atoms with van der Waals surface area (Å²) < 4.78 is 4.77. The third-order valence-electron chi connectivity index (χ3n) is 1.28. The van der Waals surface area contributed by atoms with Gasteiger partial charge in [-0.3, -0.25) is 9.89 Å². The molecule has 11 heavy (non-hydrogen) atoms. The molecule has 1 N–H and O–H groups in total. The summed E-state index contributed by atoms with van der Waals surface area (Å²) in [6.07, 6.45) is 0. The number of nitrogens with one attached hydrogen (secondary N) is 1. The first-order valence-electron chi connectivity index (χ1n) is 3.28. The minimum absolute atomic E-state index is 0.0805. The van der Waals surface area contributed by atoms with Crippen LogP contribution in [0.5, 0.6) is 0 Å². The lowest BCUT2D eigenvalue weighted by molar-refractivity contribution is 0.179. The van der Waals surface area contributed by atoms with Gasteiger partial charge in [0.2, 0.25) is 5.43 Å².